The van der Waals surface area contributed by atoms with Crippen molar-refractivity contribution in [2.45, 2.75) is 32.9 Å². The Kier molecular flexibility index (Phi) is 5.11. The van der Waals surface area contributed by atoms with Gasteiger partial charge in [-0.2, -0.15) is 0 Å². The minimum atomic E-state index is 0.0388. The quantitative estimate of drug-likeness (QED) is 0.652. The number of aromatic nitrogens is 1. The van der Waals surface area contributed by atoms with E-state index < -0.39 is 0 Å². The molecule has 1 amide bonds. The first kappa shape index (κ1) is 18.2. The highest BCUT2D eigenvalue weighted by atomic mass is 16.2. The first-order valence-electron chi connectivity index (χ1n) is 9.83. The Hall–Kier alpha value is -3.14. The van der Waals surface area contributed by atoms with E-state index in [1.165, 1.54) is 11.1 Å². The molecule has 28 heavy (non-hydrogen) atoms. The van der Waals surface area contributed by atoms with Crippen molar-refractivity contribution in [2.75, 3.05) is 16.3 Å². The zero-order chi connectivity index (χ0) is 19.5. The van der Waals surface area contributed by atoms with Gasteiger partial charge in [0.2, 0.25) is 0 Å². The number of nitrogens with zero attached hydrogens (tertiary/aromatic N) is 3. The van der Waals surface area contributed by atoms with E-state index in [2.05, 4.69) is 41.9 Å². The second-order valence-corrected chi connectivity index (χ2v) is 7.26. The number of carbonyl (C=O) groups is 1. The molecule has 1 aromatic heterocycles. The minimum absolute atomic E-state index is 0.0388. The second-order valence-electron chi connectivity index (χ2n) is 7.26. The number of pyridine rings is 1. The topological polar surface area (TPSA) is 36.4 Å². The summed E-state index contributed by atoms with van der Waals surface area (Å²) in [5.74, 6) is 0.870. The van der Waals surface area contributed by atoms with Crippen LogP contribution in [0.15, 0.2) is 72.9 Å². The lowest BCUT2D eigenvalue weighted by Gasteiger charge is -2.25. The maximum atomic E-state index is 13.3. The van der Waals surface area contributed by atoms with Crippen molar-refractivity contribution in [1.29, 1.82) is 0 Å². The van der Waals surface area contributed by atoms with Crippen molar-refractivity contribution in [3.05, 3.63) is 89.6 Å². The molecule has 0 N–H and O–H groups in total. The number of carbonyl (C=O) groups excluding carboxylic acids is 1. The number of benzene rings is 2. The Bertz CT molecular complexity index is 970. The largest absolute Gasteiger partial charge is 0.353 e. The van der Waals surface area contributed by atoms with Crippen LogP contribution in [0.5, 0.6) is 0 Å². The van der Waals surface area contributed by atoms with E-state index in [1.54, 1.807) is 6.20 Å². The third-order valence-corrected chi connectivity index (χ3v) is 5.34. The number of amides is 1. The van der Waals surface area contributed by atoms with Crippen molar-refractivity contribution < 1.29 is 4.79 Å². The van der Waals surface area contributed by atoms with Crippen molar-refractivity contribution in [3.8, 4) is 0 Å². The smallest absolute Gasteiger partial charge is 0.258 e. The summed E-state index contributed by atoms with van der Waals surface area (Å²) in [5.41, 5.74) is 4.16. The molecule has 1 aliphatic heterocycles. The van der Waals surface area contributed by atoms with E-state index in [-0.39, 0.29) is 11.9 Å². The average molecular weight is 371 g/mol. The minimum Gasteiger partial charge on any atom is -0.353 e. The van der Waals surface area contributed by atoms with Gasteiger partial charge < -0.3 is 9.80 Å². The zero-order valence-corrected chi connectivity index (χ0v) is 16.4. The fraction of sp³-hybridized carbons (Fsp3) is 0.250. The van der Waals surface area contributed by atoms with Crippen molar-refractivity contribution >= 4 is 17.4 Å². The van der Waals surface area contributed by atoms with E-state index in [0.717, 1.165) is 31.0 Å². The van der Waals surface area contributed by atoms with Crippen molar-refractivity contribution in [2.24, 2.45) is 0 Å². The number of para-hydroxylation sites is 1. The van der Waals surface area contributed by atoms with Crippen LogP contribution in [-0.4, -0.2) is 23.5 Å². The van der Waals surface area contributed by atoms with Gasteiger partial charge in [-0.25, -0.2) is 4.98 Å². The van der Waals surface area contributed by atoms with Gasteiger partial charge in [-0.15, -0.1) is 0 Å². The molecule has 0 radical (unpaired) electrons. The Morgan fingerprint density at radius 2 is 1.86 bits per heavy atom. The van der Waals surface area contributed by atoms with Crippen LogP contribution in [0.3, 0.4) is 0 Å². The Morgan fingerprint density at radius 1 is 1.11 bits per heavy atom. The highest BCUT2D eigenvalue weighted by Crippen LogP contribution is 2.33. The van der Waals surface area contributed by atoms with Crippen LogP contribution in [0.25, 0.3) is 0 Å². The van der Waals surface area contributed by atoms with Gasteiger partial charge in [0, 0.05) is 36.6 Å². The van der Waals surface area contributed by atoms with Gasteiger partial charge in [0.15, 0.2) is 0 Å². The van der Waals surface area contributed by atoms with Crippen molar-refractivity contribution in [1.82, 2.24) is 4.98 Å². The highest BCUT2D eigenvalue weighted by molar-refractivity contribution is 6.08. The third kappa shape index (κ3) is 3.50. The average Bonchev–Trinajstić information content (AvgIpc) is 3.08. The molecule has 0 saturated heterocycles. The lowest BCUT2D eigenvalue weighted by atomic mass is 10.1. The standard InChI is InChI=1S/C24H25N3O/c1-3-26(17-19-9-5-4-6-10-19)23-16-21(13-14-25-23)24(28)27-18(2)15-20-11-7-8-12-22(20)27/h4-14,16,18H,3,15,17H2,1-2H3. The Balaban J connectivity index is 1.60. The molecule has 142 valence electrons. The summed E-state index contributed by atoms with van der Waals surface area (Å²) in [4.78, 5) is 22.0. The fourth-order valence-electron chi connectivity index (χ4n) is 3.90. The number of anilines is 2. The summed E-state index contributed by atoms with van der Waals surface area (Å²) in [6.07, 6.45) is 2.64. The van der Waals surface area contributed by atoms with Gasteiger partial charge in [0.25, 0.3) is 5.91 Å². The first-order chi connectivity index (χ1) is 13.7. The van der Waals surface area contributed by atoms with Crippen LogP contribution >= 0.6 is 0 Å². The summed E-state index contributed by atoms with van der Waals surface area (Å²) < 4.78 is 0. The number of rotatable bonds is 5. The van der Waals surface area contributed by atoms with Gasteiger partial charge in [-0.1, -0.05) is 48.5 Å². The normalized spacial score (nSPS) is 15.4. The molecule has 4 nitrogen and oxygen atoms in total. The van der Waals surface area contributed by atoms with Crippen LogP contribution in [0, 0.1) is 0 Å². The summed E-state index contributed by atoms with van der Waals surface area (Å²) in [7, 11) is 0. The van der Waals surface area contributed by atoms with Crippen LogP contribution < -0.4 is 9.80 Å². The summed E-state index contributed by atoms with van der Waals surface area (Å²) in [5, 5.41) is 0. The molecule has 4 rings (SSSR count). The maximum Gasteiger partial charge on any atom is 0.258 e. The van der Waals surface area contributed by atoms with E-state index in [0.29, 0.717) is 5.56 Å². The maximum absolute atomic E-state index is 13.3. The molecule has 0 fully saturated rings. The summed E-state index contributed by atoms with van der Waals surface area (Å²) in [6, 6.07) is 22.4. The SMILES string of the molecule is CCN(Cc1ccccc1)c1cc(C(=O)N2c3ccccc3CC2C)ccn1. The predicted octanol–water partition coefficient (Wildman–Crippen LogP) is 4.70. The molecule has 0 aliphatic carbocycles. The molecule has 1 aliphatic rings. The number of hydrogen-bond acceptors (Lipinski definition) is 3. The van der Waals surface area contributed by atoms with Crippen LogP contribution in [0.1, 0.15) is 35.3 Å². The Labute approximate surface area is 166 Å². The molecule has 2 heterocycles. The molecule has 3 aromatic rings. The van der Waals surface area contributed by atoms with Gasteiger partial charge in [-0.05, 0) is 49.6 Å². The first-order valence-corrected chi connectivity index (χ1v) is 9.83. The molecule has 1 atom stereocenters. The molecular formula is C24H25N3O. The monoisotopic (exact) mass is 371 g/mol. The third-order valence-electron chi connectivity index (χ3n) is 5.34. The molecule has 0 spiro atoms. The number of hydrogen-bond donors (Lipinski definition) is 0. The summed E-state index contributed by atoms with van der Waals surface area (Å²) in [6.45, 7) is 5.80. The molecule has 0 saturated carbocycles. The molecule has 4 heteroatoms. The van der Waals surface area contributed by atoms with Crippen molar-refractivity contribution in [3.63, 3.8) is 0 Å². The van der Waals surface area contributed by atoms with Gasteiger partial charge in [0.05, 0.1) is 0 Å². The lowest BCUT2D eigenvalue weighted by molar-refractivity contribution is 0.0981. The fourth-order valence-corrected chi connectivity index (χ4v) is 3.90. The van der Waals surface area contributed by atoms with Gasteiger partial charge in [0.1, 0.15) is 5.82 Å². The second kappa shape index (κ2) is 7.85. The van der Waals surface area contributed by atoms with Gasteiger partial charge in [-0.3, -0.25) is 4.79 Å². The molecular weight excluding hydrogens is 346 g/mol. The Morgan fingerprint density at radius 3 is 2.64 bits per heavy atom. The van der Waals surface area contributed by atoms with Gasteiger partial charge >= 0.3 is 0 Å². The van der Waals surface area contributed by atoms with E-state index in [1.807, 2.05) is 53.4 Å². The lowest BCUT2D eigenvalue weighted by Crippen LogP contribution is -2.36. The van der Waals surface area contributed by atoms with E-state index in [9.17, 15) is 4.79 Å². The highest BCUT2D eigenvalue weighted by Gasteiger charge is 2.31. The van der Waals surface area contributed by atoms with E-state index >= 15 is 0 Å². The zero-order valence-electron chi connectivity index (χ0n) is 16.4. The summed E-state index contributed by atoms with van der Waals surface area (Å²) >= 11 is 0. The predicted molar refractivity (Wildman–Crippen MR) is 114 cm³/mol. The molecule has 0 bridgehead atoms. The number of fused-ring (bicyclic) bond motifs is 1. The van der Waals surface area contributed by atoms with Crippen LogP contribution in [0.2, 0.25) is 0 Å². The molecule has 2 aromatic carbocycles. The van der Waals surface area contributed by atoms with E-state index in [4.69, 9.17) is 0 Å². The van der Waals surface area contributed by atoms with Crippen LogP contribution in [0.4, 0.5) is 11.5 Å². The molecule has 1 unspecified atom stereocenters. The van der Waals surface area contributed by atoms with Crippen LogP contribution in [-0.2, 0) is 13.0 Å².